The molecule has 148 valence electrons. The van der Waals surface area contributed by atoms with Crippen molar-refractivity contribution >= 4 is 12.0 Å². The van der Waals surface area contributed by atoms with E-state index in [1.165, 1.54) is 5.56 Å². The van der Waals surface area contributed by atoms with Crippen molar-refractivity contribution in [2.75, 3.05) is 19.6 Å². The third kappa shape index (κ3) is 4.89. The molecule has 0 saturated carbocycles. The molecule has 2 aromatic carbocycles. The summed E-state index contributed by atoms with van der Waals surface area (Å²) in [7, 11) is 0. The van der Waals surface area contributed by atoms with Gasteiger partial charge in [-0.2, -0.15) is 0 Å². The number of benzene rings is 2. The standard InChI is InChI=1S/C22H27N3O3/c1-22(2)16-24(12-13-25(22)15-18-6-4-3-5-7-18)21(28)23-14-17-8-10-19(11-9-17)20(26)27/h3-11H,12-16H2,1-2H3,(H,23,28)(H,26,27). The number of hydrogen-bond acceptors (Lipinski definition) is 3. The molecule has 1 aliphatic rings. The highest BCUT2D eigenvalue weighted by Gasteiger charge is 2.35. The van der Waals surface area contributed by atoms with Crippen LogP contribution in [0.1, 0.15) is 35.3 Å². The van der Waals surface area contributed by atoms with Gasteiger partial charge < -0.3 is 15.3 Å². The molecular formula is C22H27N3O3. The number of carboxylic acid groups (broad SMARTS) is 1. The van der Waals surface area contributed by atoms with Crippen LogP contribution < -0.4 is 5.32 Å². The van der Waals surface area contributed by atoms with E-state index in [4.69, 9.17) is 5.11 Å². The number of aromatic carboxylic acids is 1. The fourth-order valence-electron chi connectivity index (χ4n) is 3.52. The molecule has 2 aromatic rings. The molecule has 0 radical (unpaired) electrons. The van der Waals surface area contributed by atoms with Crippen molar-refractivity contribution in [3.05, 3.63) is 71.3 Å². The molecule has 3 rings (SSSR count). The van der Waals surface area contributed by atoms with Gasteiger partial charge in [0.15, 0.2) is 0 Å². The largest absolute Gasteiger partial charge is 0.478 e. The molecule has 0 aliphatic carbocycles. The van der Waals surface area contributed by atoms with Crippen molar-refractivity contribution in [3.8, 4) is 0 Å². The van der Waals surface area contributed by atoms with Gasteiger partial charge in [0.05, 0.1) is 5.56 Å². The monoisotopic (exact) mass is 381 g/mol. The minimum absolute atomic E-state index is 0.0882. The molecule has 1 saturated heterocycles. The van der Waals surface area contributed by atoms with Gasteiger partial charge >= 0.3 is 12.0 Å². The first-order valence-electron chi connectivity index (χ1n) is 9.49. The number of nitrogens with zero attached hydrogens (tertiary/aromatic N) is 2. The van der Waals surface area contributed by atoms with E-state index in [1.54, 1.807) is 24.3 Å². The van der Waals surface area contributed by atoms with Gasteiger partial charge in [0.1, 0.15) is 0 Å². The van der Waals surface area contributed by atoms with Crippen molar-refractivity contribution in [1.82, 2.24) is 15.1 Å². The van der Waals surface area contributed by atoms with Gasteiger partial charge in [0.2, 0.25) is 0 Å². The van der Waals surface area contributed by atoms with Gasteiger partial charge in [-0.15, -0.1) is 0 Å². The Morgan fingerprint density at radius 3 is 2.29 bits per heavy atom. The summed E-state index contributed by atoms with van der Waals surface area (Å²) in [5.74, 6) is -0.953. The second kappa shape index (κ2) is 8.44. The molecule has 0 aromatic heterocycles. The highest BCUT2D eigenvalue weighted by atomic mass is 16.4. The molecule has 2 amide bonds. The van der Waals surface area contributed by atoms with E-state index in [-0.39, 0.29) is 17.1 Å². The third-order valence-corrected chi connectivity index (χ3v) is 5.22. The highest BCUT2D eigenvalue weighted by molar-refractivity contribution is 5.87. The van der Waals surface area contributed by atoms with Crippen LogP contribution in [0.25, 0.3) is 0 Å². The van der Waals surface area contributed by atoms with Crippen molar-refractivity contribution in [2.24, 2.45) is 0 Å². The summed E-state index contributed by atoms with van der Waals surface area (Å²) < 4.78 is 0. The number of carbonyl (C=O) groups excluding carboxylic acids is 1. The summed E-state index contributed by atoms with van der Waals surface area (Å²) in [6.07, 6.45) is 0. The number of urea groups is 1. The molecule has 28 heavy (non-hydrogen) atoms. The van der Waals surface area contributed by atoms with Gasteiger partial charge in [-0.25, -0.2) is 9.59 Å². The lowest BCUT2D eigenvalue weighted by atomic mass is 9.98. The van der Waals surface area contributed by atoms with E-state index >= 15 is 0 Å². The average molecular weight is 381 g/mol. The molecule has 0 atom stereocenters. The Balaban J connectivity index is 1.53. The van der Waals surface area contributed by atoms with Crippen LogP contribution in [0, 0.1) is 0 Å². The maximum Gasteiger partial charge on any atom is 0.335 e. The molecule has 1 fully saturated rings. The topological polar surface area (TPSA) is 72.9 Å². The zero-order valence-corrected chi connectivity index (χ0v) is 16.4. The van der Waals surface area contributed by atoms with Crippen molar-refractivity contribution < 1.29 is 14.7 Å². The lowest BCUT2D eigenvalue weighted by Crippen LogP contribution is -2.61. The summed E-state index contributed by atoms with van der Waals surface area (Å²) in [6, 6.07) is 16.8. The minimum atomic E-state index is -0.953. The van der Waals surface area contributed by atoms with Crippen LogP contribution in [0.5, 0.6) is 0 Å². The van der Waals surface area contributed by atoms with Crippen molar-refractivity contribution in [3.63, 3.8) is 0 Å². The lowest BCUT2D eigenvalue weighted by Gasteiger charge is -2.47. The maximum atomic E-state index is 12.6. The predicted molar refractivity (Wildman–Crippen MR) is 108 cm³/mol. The van der Waals surface area contributed by atoms with Crippen LogP contribution in [0.4, 0.5) is 4.79 Å². The second-order valence-electron chi connectivity index (χ2n) is 7.80. The number of nitrogens with one attached hydrogen (secondary N) is 1. The van der Waals surface area contributed by atoms with Crippen LogP contribution >= 0.6 is 0 Å². The Morgan fingerprint density at radius 2 is 1.68 bits per heavy atom. The van der Waals surface area contributed by atoms with Gasteiger partial charge in [-0.05, 0) is 37.1 Å². The molecule has 1 heterocycles. The molecular weight excluding hydrogens is 354 g/mol. The quantitative estimate of drug-likeness (QED) is 0.834. The normalized spacial score (nSPS) is 16.6. The zero-order chi connectivity index (χ0) is 20.1. The number of carbonyl (C=O) groups is 2. The summed E-state index contributed by atoms with van der Waals surface area (Å²) in [5, 5.41) is 11.9. The van der Waals surface area contributed by atoms with Crippen LogP contribution in [0.2, 0.25) is 0 Å². The number of carboxylic acids is 1. The highest BCUT2D eigenvalue weighted by Crippen LogP contribution is 2.23. The van der Waals surface area contributed by atoms with Crippen LogP contribution in [-0.2, 0) is 13.1 Å². The minimum Gasteiger partial charge on any atom is -0.478 e. The van der Waals surface area contributed by atoms with Crippen LogP contribution in [0.3, 0.4) is 0 Å². The van der Waals surface area contributed by atoms with Gasteiger partial charge in [-0.3, -0.25) is 4.90 Å². The smallest absolute Gasteiger partial charge is 0.335 e. The van der Waals surface area contributed by atoms with Gasteiger partial charge in [0, 0.05) is 38.3 Å². The third-order valence-electron chi connectivity index (χ3n) is 5.22. The van der Waals surface area contributed by atoms with E-state index in [0.29, 0.717) is 19.6 Å². The Morgan fingerprint density at radius 1 is 1.00 bits per heavy atom. The predicted octanol–water partition coefficient (Wildman–Crippen LogP) is 3.19. The Labute approximate surface area is 165 Å². The van der Waals surface area contributed by atoms with E-state index in [9.17, 15) is 9.59 Å². The Bertz CT molecular complexity index is 819. The molecule has 0 bridgehead atoms. The number of piperazine rings is 1. The van der Waals surface area contributed by atoms with E-state index in [1.807, 2.05) is 11.0 Å². The molecule has 0 unspecified atom stereocenters. The molecule has 0 spiro atoms. The summed E-state index contributed by atoms with van der Waals surface area (Å²) in [6.45, 7) is 7.74. The first-order valence-corrected chi connectivity index (χ1v) is 9.49. The second-order valence-corrected chi connectivity index (χ2v) is 7.80. The number of hydrogen-bond donors (Lipinski definition) is 2. The molecule has 2 N–H and O–H groups in total. The fraction of sp³-hybridized carbons (Fsp3) is 0.364. The maximum absolute atomic E-state index is 12.6. The lowest BCUT2D eigenvalue weighted by molar-refractivity contribution is 0.0297. The first kappa shape index (κ1) is 19.9. The SMILES string of the molecule is CC1(C)CN(C(=O)NCc2ccc(C(=O)O)cc2)CCN1Cc1ccccc1. The summed E-state index contributed by atoms with van der Waals surface area (Å²) in [5.41, 5.74) is 2.28. The van der Waals surface area contributed by atoms with Crippen molar-refractivity contribution in [2.45, 2.75) is 32.5 Å². The van der Waals surface area contributed by atoms with E-state index in [0.717, 1.165) is 18.7 Å². The molecule has 6 nitrogen and oxygen atoms in total. The average Bonchev–Trinajstić information content (AvgIpc) is 2.68. The fourth-order valence-corrected chi connectivity index (χ4v) is 3.52. The molecule has 1 aliphatic heterocycles. The molecule has 6 heteroatoms. The summed E-state index contributed by atoms with van der Waals surface area (Å²) in [4.78, 5) is 27.8. The van der Waals surface area contributed by atoms with E-state index in [2.05, 4.69) is 48.3 Å². The Kier molecular flexibility index (Phi) is 5.99. The van der Waals surface area contributed by atoms with Gasteiger partial charge in [0.25, 0.3) is 0 Å². The van der Waals surface area contributed by atoms with Gasteiger partial charge in [-0.1, -0.05) is 42.5 Å². The number of amides is 2. The van der Waals surface area contributed by atoms with Crippen LogP contribution in [0.15, 0.2) is 54.6 Å². The Hall–Kier alpha value is -2.86. The first-order chi connectivity index (χ1) is 13.3. The van der Waals surface area contributed by atoms with E-state index < -0.39 is 5.97 Å². The summed E-state index contributed by atoms with van der Waals surface area (Å²) >= 11 is 0. The number of rotatable bonds is 5. The zero-order valence-electron chi connectivity index (χ0n) is 16.4. The van der Waals surface area contributed by atoms with Crippen molar-refractivity contribution in [1.29, 1.82) is 0 Å². The van der Waals surface area contributed by atoms with Crippen LogP contribution in [-0.4, -0.2) is 52.1 Å².